The molecule has 0 amide bonds. The largest absolute Gasteiger partial charge is 0.493 e. The predicted molar refractivity (Wildman–Crippen MR) is 158 cm³/mol. The van der Waals surface area contributed by atoms with Crippen molar-refractivity contribution in [1.82, 2.24) is 19.2 Å². The van der Waals surface area contributed by atoms with Gasteiger partial charge in [0.1, 0.15) is 21.7 Å². The maximum Gasteiger partial charge on any atom is 0.317 e. The first-order chi connectivity index (χ1) is 19.6. The third-order valence-corrected chi connectivity index (χ3v) is 7.46. The zero-order valence-corrected chi connectivity index (χ0v) is 24.3. The van der Waals surface area contributed by atoms with E-state index in [2.05, 4.69) is 29.0 Å². The number of carboxylic acid groups (broad SMARTS) is 1. The second-order valence-electron chi connectivity index (χ2n) is 8.10. The van der Waals surface area contributed by atoms with Crippen molar-refractivity contribution >= 4 is 32.9 Å². The highest BCUT2D eigenvalue weighted by molar-refractivity contribution is 7.91. The minimum absolute atomic E-state index is 0.0653. The molecular weight excluding hydrogens is 574 g/mol. The number of ether oxygens (including phenoxy) is 2. The molecular formula is C27H32ClN5O7S. The fraction of sp³-hybridized carbons (Fsp3) is 0.259. The Balaban J connectivity index is 0.000000759. The Hall–Kier alpha value is -4.20. The van der Waals surface area contributed by atoms with Gasteiger partial charge < -0.3 is 20.3 Å². The van der Waals surface area contributed by atoms with Gasteiger partial charge in [-0.2, -0.15) is 5.10 Å². The maximum atomic E-state index is 13.2. The number of halogens is 1. The van der Waals surface area contributed by atoms with Crippen LogP contribution in [0.5, 0.6) is 11.5 Å². The molecule has 3 heterocycles. The molecule has 3 N–H and O–H groups in total. The molecule has 0 atom stereocenters. The van der Waals surface area contributed by atoms with Gasteiger partial charge >= 0.3 is 5.97 Å². The molecule has 1 aromatic carbocycles. The van der Waals surface area contributed by atoms with Gasteiger partial charge in [0.15, 0.2) is 11.5 Å². The molecule has 0 unspecified atom stereocenters. The van der Waals surface area contributed by atoms with E-state index < -0.39 is 15.8 Å². The highest BCUT2D eigenvalue weighted by atomic mass is 35.5. The summed E-state index contributed by atoms with van der Waals surface area (Å²) in [5, 5.41) is 12.5. The number of aromatic nitrogens is 4. The fourth-order valence-electron chi connectivity index (χ4n) is 3.39. The van der Waals surface area contributed by atoms with Gasteiger partial charge in [-0.15, -0.1) is 13.2 Å². The predicted octanol–water partition coefficient (Wildman–Crippen LogP) is 3.24. The molecule has 41 heavy (non-hydrogen) atoms. The Bertz CT molecular complexity index is 1620. The fourth-order valence-corrected chi connectivity index (χ4v) is 4.35. The van der Waals surface area contributed by atoms with Crippen molar-refractivity contribution in [3.63, 3.8) is 0 Å². The molecule has 4 aromatic rings. The number of nitrogens with two attached hydrogens (primary N) is 1. The number of pyridine rings is 1. The number of rotatable bonds is 10. The molecule has 0 radical (unpaired) electrons. The lowest BCUT2D eigenvalue weighted by Gasteiger charge is -2.13. The van der Waals surface area contributed by atoms with Crippen molar-refractivity contribution in [3.05, 3.63) is 83.7 Å². The Morgan fingerprint density at radius 2 is 1.88 bits per heavy atom. The molecule has 0 spiro atoms. The van der Waals surface area contributed by atoms with Crippen LogP contribution in [0.15, 0.2) is 73.1 Å². The molecule has 14 heteroatoms. The van der Waals surface area contributed by atoms with Crippen LogP contribution in [-0.4, -0.2) is 70.4 Å². The van der Waals surface area contributed by atoms with E-state index in [0.717, 1.165) is 5.56 Å². The summed E-state index contributed by atoms with van der Waals surface area (Å²) in [4.78, 5) is 26.7. The Morgan fingerprint density at radius 3 is 2.46 bits per heavy atom. The van der Waals surface area contributed by atoms with E-state index in [1.807, 2.05) is 0 Å². The molecule has 3 aromatic heterocycles. The minimum atomic E-state index is -3.04. The Labute approximate surface area is 242 Å². The number of methoxy groups -OCH3 is 1. The van der Waals surface area contributed by atoms with Crippen molar-refractivity contribution in [3.8, 4) is 28.4 Å². The number of hydrogen-bond acceptors (Lipinski definition) is 9. The van der Waals surface area contributed by atoms with Gasteiger partial charge in [0, 0.05) is 29.8 Å². The summed E-state index contributed by atoms with van der Waals surface area (Å²) in [6.07, 6.45) is 5.08. The van der Waals surface area contributed by atoms with Crippen molar-refractivity contribution < 1.29 is 27.8 Å². The van der Waals surface area contributed by atoms with Crippen LogP contribution in [0.25, 0.3) is 22.5 Å². The standard InChI is InChI=1S/C23H23ClN4O5S.C2H5NO2.C2H4/c1-3-34(30,31)10-4-9-33-21-8-6-18(12-22(21)32-2)27-15-26-28-14-16(11-20(28)23(27)29)19-7-5-17(24)13-25-19;3-1-2(4)5;1-2/h5-8,11-15H,3-4,9-10H2,1-2H3;1,3H2,(H,4,5);1-2H2. The number of nitrogens with zero attached hydrogens (tertiary/aromatic N) is 4. The molecule has 4 rings (SSSR count). The number of carboxylic acids is 1. The number of fused-ring (bicyclic) bond motifs is 1. The normalized spacial score (nSPS) is 10.6. The van der Waals surface area contributed by atoms with E-state index in [0.29, 0.717) is 39.8 Å². The number of sulfone groups is 1. The highest BCUT2D eigenvalue weighted by Crippen LogP contribution is 2.29. The molecule has 0 saturated carbocycles. The number of benzene rings is 1. The molecule has 0 bridgehead atoms. The van der Waals surface area contributed by atoms with Crippen molar-refractivity contribution in [2.45, 2.75) is 13.3 Å². The number of carbonyl (C=O) groups is 1. The quantitative estimate of drug-likeness (QED) is 0.202. The van der Waals surface area contributed by atoms with Crippen LogP contribution in [0.2, 0.25) is 5.02 Å². The topological polar surface area (TPSA) is 168 Å². The maximum absolute atomic E-state index is 13.2. The molecule has 0 aliphatic heterocycles. The van der Waals surface area contributed by atoms with Gasteiger partial charge in [0.05, 0.1) is 42.4 Å². The summed E-state index contributed by atoms with van der Waals surface area (Å²) in [6.45, 7) is 7.57. The smallest absolute Gasteiger partial charge is 0.317 e. The van der Waals surface area contributed by atoms with Crippen molar-refractivity contribution in [1.29, 1.82) is 0 Å². The van der Waals surface area contributed by atoms with E-state index >= 15 is 0 Å². The van der Waals surface area contributed by atoms with Crippen molar-refractivity contribution in [2.24, 2.45) is 5.73 Å². The molecule has 0 aliphatic rings. The zero-order valence-electron chi connectivity index (χ0n) is 22.7. The van der Waals surface area contributed by atoms with Gasteiger partial charge in [-0.05, 0) is 36.8 Å². The lowest BCUT2D eigenvalue weighted by Crippen LogP contribution is -2.21. The second-order valence-corrected chi connectivity index (χ2v) is 11.0. The number of aliphatic carboxylic acids is 1. The van der Waals surface area contributed by atoms with Crippen molar-refractivity contribution in [2.75, 3.05) is 31.8 Å². The van der Waals surface area contributed by atoms with Gasteiger partial charge in [0.2, 0.25) is 0 Å². The molecule has 12 nitrogen and oxygen atoms in total. The average Bonchev–Trinajstić information content (AvgIpc) is 3.43. The Kier molecular flexibility index (Phi) is 12.5. The lowest BCUT2D eigenvalue weighted by atomic mass is 10.2. The van der Waals surface area contributed by atoms with E-state index in [-0.39, 0.29) is 30.2 Å². The monoisotopic (exact) mass is 605 g/mol. The third-order valence-electron chi connectivity index (χ3n) is 5.45. The van der Waals surface area contributed by atoms with E-state index in [9.17, 15) is 18.0 Å². The first-order valence-electron chi connectivity index (χ1n) is 12.2. The Morgan fingerprint density at radius 1 is 1.17 bits per heavy atom. The summed E-state index contributed by atoms with van der Waals surface area (Å²) in [6, 6.07) is 10.3. The van der Waals surface area contributed by atoms with Gasteiger partial charge in [-0.1, -0.05) is 18.5 Å². The lowest BCUT2D eigenvalue weighted by molar-refractivity contribution is -0.135. The van der Waals surface area contributed by atoms with Crippen LogP contribution >= 0.6 is 11.6 Å². The SMILES string of the molecule is C=C.CCS(=O)(=O)CCCOc1ccc(-n2cnn3cc(-c4ccc(Cl)cn4)cc3c2=O)cc1OC.NCC(=O)O. The van der Waals surface area contributed by atoms with Crippen LogP contribution in [0, 0.1) is 0 Å². The summed E-state index contributed by atoms with van der Waals surface area (Å²) < 4.78 is 37.3. The highest BCUT2D eigenvalue weighted by Gasteiger charge is 2.13. The van der Waals surface area contributed by atoms with Crippen LogP contribution in [0.1, 0.15) is 13.3 Å². The molecule has 0 fully saturated rings. The first kappa shape index (κ1) is 33.0. The summed E-state index contributed by atoms with van der Waals surface area (Å²) >= 11 is 5.91. The molecule has 220 valence electrons. The van der Waals surface area contributed by atoms with Crippen LogP contribution in [-0.2, 0) is 14.6 Å². The molecule has 0 aliphatic carbocycles. The van der Waals surface area contributed by atoms with E-state index in [4.69, 9.17) is 26.2 Å². The van der Waals surface area contributed by atoms with Gasteiger partial charge in [-0.25, -0.2) is 12.9 Å². The van der Waals surface area contributed by atoms with Crippen LogP contribution < -0.4 is 20.8 Å². The summed E-state index contributed by atoms with van der Waals surface area (Å²) in [7, 11) is -1.54. The zero-order chi connectivity index (χ0) is 30.6. The van der Waals surface area contributed by atoms with Gasteiger partial charge in [0.25, 0.3) is 5.56 Å². The summed E-state index contributed by atoms with van der Waals surface area (Å²) in [5.74, 6) is 0.0861. The summed E-state index contributed by atoms with van der Waals surface area (Å²) in [5.41, 5.74) is 6.65. The third kappa shape index (κ3) is 9.17. The average molecular weight is 606 g/mol. The minimum Gasteiger partial charge on any atom is -0.493 e. The van der Waals surface area contributed by atoms with E-state index in [1.165, 1.54) is 22.5 Å². The van der Waals surface area contributed by atoms with Crippen LogP contribution in [0.4, 0.5) is 0 Å². The van der Waals surface area contributed by atoms with E-state index in [1.54, 1.807) is 55.7 Å². The molecule has 0 saturated heterocycles. The van der Waals surface area contributed by atoms with Gasteiger partial charge in [-0.3, -0.25) is 19.1 Å². The number of hydrogen-bond donors (Lipinski definition) is 2. The van der Waals surface area contributed by atoms with Crippen LogP contribution in [0.3, 0.4) is 0 Å². The first-order valence-corrected chi connectivity index (χ1v) is 14.4. The second kappa shape index (κ2) is 15.6.